The third-order valence-corrected chi connectivity index (χ3v) is 6.74. The highest BCUT2D eigenvalue weighted by atomic mass is 79.9. The molecule has 5 nitrogen and oxygen atoms in total. The van der Waals surface area contributed by atoms with Gasteiger partial charge in [-0.1, -0.05) is 6.92 Å². The molecule has 4 rings (SSSR count). The molecule has 2 aliphatic carbocycles. The van der Waals surface area contributed by atoms with E-state index in [2.05, 4.69) is 27.8 Å². The van der Waals surface area contributed by atoms with E-state index in [1.165, 1.54) is 7.11 Å². The van der Waals surface area contributed by atoms with Gasteiger partial charge in [0.2, 0.25) is 0 Å². The Morgan fingerprint density at radius 2 is 1.66 bits per heavy atom. The number of hydrogen-bond acceptors (Lipinski definition) is 5. The summed E-state index contributed by atoms with van der Waals surface area (Å²) < 4.78 is 5.85. The van der Waals surface area contributed by atoms with E-state index in [-0.39, 0.29) is 23.2 Å². The van der Waals surface area contributed by atoms with Crippen LogP contribution in [0.1, 0.15) is 63.4 Å². The molecule has 0 radical (unpaired) electrons. The van der Waals surface area contributed by atoms with Gasteiger partial charge < -0.3 is 14.7 Å². The van der Waals surface area contributed by atoms with Gasteiger partial charge in [-0.2, -0.15) is 0 Å². The summed E-state index contributed by atoms with van der Waals surface area (Å²) in [6.07, 6.45) is 5.41. The van der Waals surface area contributed by atoms with Gasteiger partial charge in [0.1, 0.15) is 0 Å². The fraction of sp³-hybridized carbons (Fsp3) is 0.478. The predicted molar refractivity (Wildman–Crippen MR) is 114 cm³/mol. The van der Waals surface area contributed by atoms with Gasteiger partial charge in [0.25, 0.3) is 0 Å². The quantitative estimate of drug-likeness (QED) is 0.686. The normalized spacial score (nSPS) is 20.2. The number of benzene rings is 1. The van der Waals surface area contributed by atoms with Gasteiger partial charge >= 0.3 is 0 Å². The molecule has 0 unspecified atom stereocenters. The molecule has 1 aliphatic heterocycles. The van der Waals surface area contributed by atoms with Gasteiger partial charge in [0, 0.05) is 47.8 Å². The third kappa shape index (κ3) is 3.31. The highest BCUT2D eigenvalue weighted by Gasteiger charge is 2.43. The fourth-order valence-electron chi connectivity index (χ4n) is 4.96. The highest BCUT2D eigenvalue weighted by molar-refractivity contribution is 9.10. The zero-order valence-corrected chi connectivity index (χ0v) is 18.5. The second-order valence-corrected chi connectivity index (χ2v) is 8.77. The van der Waals surface area contributed by atoms with Crippen molar-refractivity contribution in [3.8, 4) is 11.5 Å². The van der Waals surface area contributed by atoms with E-state index in [0.29, 0.717) is 23.1 Å². The molecule has 0 atom stereocenters. The SMILES string of the molecule is CCCN1C2=C(C(=O)CCC2)C(c2cc(Br)c(O)c(OC)c2)C2=C1CCCC2=O. The first-order valence-corrected chi connectivity index (χ1v) is 11.1. The molecule has 1 N–H and O–H groups in total. The molecule has 0 saturated heterocycles. The average molecular weight is 460 g/mol. The number of ether oxygens (including phenoxy) is 1. The zero-order valence-electron chi connectivity index (χ0n) is 16.9. The van der Waals surface area contributed by atoms with E-state index in [0.717, 1.165) is 66.8 Å². The molecule has 6 heteroatoms. The number of nitrogens with zero attached hydrogens (tertiary/aromatic N) is 1. The van der Waals surface area contributed by atoms with Gasteiger partial charge in [-0.3, -0.25) is 9.59 Å². The molecule has 0 spiro atoms. The molecule has 29 heavy (non-hydrogen) atoms. The zero-order chi connectivity index (χ0) is 20.7. The minimum absolute atomic E-state index is 0.0213. The maximum atomic E-state index is 13.1. The van der Waals surface area contributed by atoms with Crippen LogP contribution in [0.25, 0.3) is 0 Å². The fourth-order valence-corrected chi connectivity index (χ4v) is 5.42. The number of phenolic OH excluding ortho intramolecular Hbond substituents is 1. The van der Waals surface area contributed by atoms with Crippen molar-refractivity contribution in [3.63, 3.8) is 0 Å². The first-order chi connectivity index (χ1) is 14.0. The Kier molecular flexibility index (Phi) is 5.56. The number of allylic oxidation sites excluding steroid dienone is 4. The van der Waals surface area contributed by atoms with Crippen molar-refractivity contribution < 1.29 is 19.4 Å². The van der Waals surface area contributed by atoms with E-state index in [9.17, 15) is 14.7 Å². The van der Waals surface area contributed by atoms with E-state index >= 15 is 0 Å². The summed E-state index contributed by atoms with van der Waals surface area (Å²) in [5, 5.41) is 10.3. The number of phenols is 1. The molecule has 0 bridgehead atoms. The summed E-state index contributed by atoms with van der Waals surface area (Å²) in [6.45, 7) is 2.96. The molecule has 0 fully saturated rings. The maximum Gasteiger partial charge on any atom is 0.172 e. The Labute approximate surface area is 179 Å². The first kappa shape index (κ1) is 20.2. The van der Waals surface area contributed by atoms with E-state index in [1.54, 1.807) is 6.07 Å². The lowest BCUT2D eigenvalue weighted by Crippen LogP contribution is -2.39. The van der Waals surface area contributed by atoms with Gasteiger partial charge in [0.05, 0.1) is 11.6 Å². The Morgan fingerprint density at radius 1 is 1.07 bits per heavy atom. The number of Topliss-reactive ketones (excluding diaryl/α,β-unsaturated/α-hetero) is 2. The van der Waals surface area contributed by atoms with Crippen molar-refractivity contribution in [1.29, 1.82) is 0 Å². The van der Waals surface area contributed by atoms with Crippen molar-refractivity contribution in [3.05, 3.63) is 44.7 Å². The largest absolute Gasteiger partial charge is 0.503 e. The maximum absolute atomic E-state index is 13.1. The Morgan fingerprint density at radius 3 is 2.17 bits per heavy atom. The summed E-state index contributed by atoms with van der Waals surface area (Å²) >= 11 is 3.40. The molecular formula is C23H26BrNO4. The smallest absolute Gasteiger partial charge is 0.172 e. The molecule has 0 amide bonds. The second-order valence-electron chi connectivity index (χ2n) is 7.91. The van der Waals surface area contributed by atoms with Gasteiger partial charge in [0.15, 0.2) is 23.1 Å². The lowest BCUT2D eigenvalue weighted by atomic mass is 9.71. The molecule has 3 aliphatic rings. The number of ketones is 2. The summed E-state index contributed by atoms with van der Waals surface area (Å²) in [5.74, 6) is 0.226. The molecule has 0 saturated carbocycles. The number of aromatic hydroxyl groups is 1. The highest BCUT2D eigenvalue weighted by Crippen LogP contribution is 2.50. The lowest BCUT2D eigenvalue weighted by molar-refractivity contribution is -0.117. The Bertz CT molecular complexity index is 902. The van der Waals surface area contributed by atoms with Crippen LogP contribution in [-0.4, -0.2) is 35.2 Å². The van der Waals surface area contributed by atoms with Crippen LogP contribution < -0.4 is 4.74 Å². The number of methoxy groups -OCH3 is 1. The molecular weight excluding hydrogens is 434 g/mol. The van der Waals surface area contributed by atoms with Gasteiger partial charge in [-0.25, -0.2) is 0 Å². The summed E-state index contributed by atoms with van der Waals surface area (Å²) in [5.41, 5.74) is 4.51. The monoisotopic (exact) mass is 459 g/mol. The van der Waals surface area contributed by atoms with Gasteiger partial charge in [-0.05, 0) is 65.7 Å². The summed E-state index contributed by atoms with van der Waals surface area (Å²) in [4.78, 5) is 28.5. The number of rotatable bonds is 4. The number of carbonyl (C=O) groups is 2. The van der Waals surface area contributed by atoms with Crippen molar-refractivity contribution in [1.82, 2.24) is 4.90 Å². The van der Waals surface area contributed by atoms with Crippen molar-refractivity contribution >= 4 is 27.5 Å². The molecule has 154 valence electrons. The van der Waals surface area contributed by atoms with Crippen LogP contribution in [0.15, 0.2) is 39.1 Å². The number of halogens is 1. The van der Waals surface area contributed by atoms with Crippen LogP contribution in [0, 0.1) is 0 Å². The number of hydrogen-bond donors (Lipinski definition) is 1. The minimum atomic E-state index is -0.389. The number of carbonyl (C=O) groups excluding carboxylic acids is 2. The van der Waals surface area contributed by atoms with Crippen molar-refractivity contribution in [2.75, 3.05) is 13.7 Å². The standard InChI is InChI=1S/C23H26BrNO4/c1-3-10-25-15-6-4-8-17(26)21(15)20(22-16(25)7-5-9-18(22)27)13-11-14(24)23(28)19(12-13)29-2/h11-12,20,28H,3-10H2,1-2H3. The van der Waals surface area contributed by atoms with Crippen LogP contribution >= 0.6 is 15.9 Å². The topological polar surface area (TPSA) is 66.8 Å². The summed E-state index contributed by atoms with van der Waals surface area (Å²) in [7, 11) is 1.50. The third-order valence-electron chi connectivity index (χ3n) is 6.14. The molecule has 0 aromatic heterocycles. The minimum Gasteiger partial charge on any atom is -0.503 e. The molecule has 1 aromatic rings. The second kappa shape index (κ2) is 7.98. The molecule has 1 heterocycles. The average Bonchev–Trinajstić information content (AvgIpc) is 2.71. The Balaban J connectivity index is 1.98. The molecule has 1 aromatic carbocycles. The van der Waals surface area contributed by atoms with Crippen molar-refractivity contribution in [2.45, 2.75) is 57.8 Å². The summed E-state index contributed by atoms with van der Waals surface area (Å²) in [6, 6.07) is 3.58. The Hall–Kier alpha value is -2.08. The van der Waals surface area contributed by atoms with Crippen LogP contribution in [0.5, 0.6) is 11.5 Å². The first-order valence-electron chi connectivity index (χ1n) is 10.3. The van der Waals surface area contributed by atoms with Gasteiger partial charge in [-0.15, -0.1) is 0 Å². The predicted octanol–water partition coefficient (Wildman–Crippen LogP) is 4.99. The van der Waals surface area contributed by atoms with E-state index in [1.807, 2.05) is 6.07 Å². The lowest BCUT2D eigenvalue weighted by Gasteiger charge is -2.44. The van der Waals surface area contributed by atoms with Crippen LogP contribution in [-0.2, 0) is 9.59 Å². The van der Waals surface area contributed by atoms with E-state index < -0.39 is 0 Å². The van der Waals surface area contributed by atoms with Crippen LogP contribution in [0.2, 0.25) is 0 Å². The van der Waals surface area contributed by atoms with Crippen LogP contribution in [0.4, 0.5) is 0 Å². The van der Waals surface area contributed by atoms with E-state index in [4.69, 9.17) is 4.74 Å². The van der Waals surface area contributed by atoms with Crippen LogP contribution in [0.3, 0.4) is 0 Å². The van der Waals surface area contributed by atoms with Crippen molar-refractivity contribution in [2.24, 2.45) is 0 Å².